The molecular weight excluding hydrogens is 461 g/mol. The second kappa shape index (κ2) is 6.33. The number of aliphatic hydroxyl groups excluding tert-OH is 1. The van der Waals surface area contributed by atoms with Gasteiger partial charge in [-0.3, -0.25) is 14.4 Å². The summed E-state index contributed by atoms with van der Waals surface area (Å²) in [5, 5.41) is 10.6. The molecule has 2 aliphatic carbocycles. The molecule has 0 saturated heterocycles. The third-order valence-corrected chi connectivity index (χ3v) is 7.59. The Bertz CT molecular complexity index is 789. The lowest BCUT2D eigenvalue weighted by Gasteiger charge is -2.31. The van der Waals surface area contributed by atoms with Crippen molar-refractivity contribution in [3.05, 3.63) is 35.4 Å². The van der Waals surface area contributed by atoms with Gasteiger partial charge in [-0.1, -0.05) is 28.7 Å². The van der Waals surface area contributed by atoms with Gasteiger partial charge in [0.2, 0.25) is 0 Å². The molecule has 0 amide bonds. The lowest BCUT2D eigenvalue weighted by atomic mass is 9.74. The summed E-state index contributed by atoms with van der Waals surface area (Å²) in [6.45, 7) is 1.71. The van der Waals surface area contributed by atoms with Gasteiger partial charge in [0, 0.05) is 3.42 Å². The van der Waals surface area contributed by atoms with Crippen molar-refractivity contribution in [2.24, 2.45) is 17.3 Å². The molecule has 2 saturated carbocycles. The van der Waals surface area contributed by atoms with Gasteiger partial charge in [0.15, 0.2) is 11.6 Å². The molecule has 5 nitrogen and oxygen atoms in total. The molecule has 1 aromatic carbocycles. The minimum atomic E-state index is -1.93. The van der Waals surface area contributed by atoms with Crippen LogP contribution in [-0.2, 0) is 14.3 Å². The Kier molecular flexibility index (Phi) is 4.71. The zero-order chi connectivity index (χ0) is 19.4. The average Bonchev–Trinajstić information content (AvgIpc) is 2.94. The van der Waals surface area contributed by atoms with Gasteiger partial charge in [-0.25, -0.2) is 8.78 Å². The van der Waals surface area contributed by atoms with Crippen molar-refractivity contribution in [2.75, 3.05) is 7.11 Å². The van der Waals surface area contributed by atoms with Crippen LogP contribution in [0.2, 0.25) is 0 Å². The van der Waals surface area contributed by atoms with Crippen LogP contribution in [0.15, 0.2) is 18.2 Å². The highest BCUT2D eigenvalue weighted by molar-refractivity contribution is 14.1. The summed E-state index contributed by atoms with van der Waals surface area (Å²) in [7, 11) is 1.17. The highest BCUT2D eigenvalue weighted by Crippen LogP contribution is 2.66. The molecule has 2 bridgehead atoms. The van der Waals surface area contributed by atoms with Crippen molar-refractivity contribution in [1.29, 1.82) is 0 Å². The number of hydrogen-bond donors (Lipinski definition) is 1. The fraction of sp³-hybridized carbons (Fsp3) is 0.500. The van der Waals surface area contributed by atoms with Gasteiger partial charge in [-0.05, 0) is 37.8 Å². The molecular formula is C18H17F2IO5. The van der Waals surface area contributed by atoms with Crippen LogP contribution in [0.4, 0.5) is 8.78 Å². The molecule has 3 rings (SSSR count). The van der Waals surface area contributed by atoms with E-state index in [1.54, 1.807) is 6.92 Å². The SMILES string of the molecule is COC(=O)[C@@]12CC[C@@H]([C@@H](C(O)C(=O)c3c(F)cccc3F)C1=O)C2(C)I. The van der Waals surface area contributed by atoms with Crippen molar-refractivity contribution < 1.29 is 33.0 Å². The van der Waals surface area contributed by atoms with Gasteiger partial charge >= 0.3 is 5.97 Å². The molecule has 0 aromatic heterocycles. The van der Waals surface area contributed by atoms with Crippen LogP contribution in [-0.4, -0.2) is 39.3 Å². The molecule has 2 aliphatic rings. The first-order chi connectivity index (χ1) is 12.1. The molecule has 0 heterocycles. The summed E-state index contributed by atoms with van der Waals surface area (Å²) >= 11 is 2.00. The number of rotatable bonds is 4. The fourth-order valence-corrected chi connectivity index (χ4v) is 5.99. The summed E-state index contributed by atoms with van der Waals surface area (Å²) in [6.07, 6.45) is -1.25. The number of ketones is 2. The third-order valence-electron chi connectivity index (χ3n) is 5.87. The van der Waals surface area contributed by atoms with Gasteiger partial charge in [0.05, 0.1) is 18.6 Å². The Balaban J connectivity index is 2.02. The predicted octanol–water partition coefficient (Wildman–Crippen LogP) is 2.47. The standard InChI is InChI=1S/C18H17F2IO5/c1-17(21)8-6-7-18(17,16(25)26-2)15(24)11(8)13(22)14(23)12-9(19)4-3-5-10(12)20/h3-5,8,11,13,22H,6-7H2,1-2H3/t8-,11-,13?,17?,18+/m0/s1. The Morgan fingerprint density at radius 1 is 1.35 bits per heavy atom. The number of alkyl halides is 1. The van der Waals surface area contributed by atoms with Crippen molar-refractivity contribution in [2.45, 2.75) is 29.3 Å². The first-order valence-corrected chi connectivity index (χ1v) is 9.17. The van der Waals surface area contributed by atoms with Crippen LogP contribution in [0.25, 0.3) is 0 Å². The van der Waals surface area contributed by atoms with Crippen LogP contribution < -0.4 is 0 Å². The van der Waals surface area contributed by atoms with Gasteiger partial charge < -0.3 is 9.84 Å². The molecule has 0 spiro atoms. The number of carbonyl (C=O) groups is 3. The second-order valence-corrected chi connectivity index (χ2v) is 9.15. The normalized spacial score (nSPS) is 34.0. The smallest absolute Gasteiger partial charge is 0.320 e. The second-order valence-electron chi connectivity index (χ2n) is 6.91. The monoisotopic (exact) mass is 478 g/mol. The molecule has 1 N–H and O–H groups in total. The van der Waals surface area contributed by atoms with Crippen LogP contribution in [0.5, 0.6) is 0 Å². The first kappa shape index (κ1) is 19.3. The highest BCUT2D eigenvalue weighted by atomic mass is 127. The molecule has 26 heavy (non-hydrogen) atoms. The Labute approximate surface area is 162 Å². The van der Waals surface area contributed by atoms with Crippen molar-refractivity contribution in [1.82, 2.24) is 0 Å². The van der Waals surface area contributed by atoms with Crippen molar-refractivity contribution >= 4 is 40.1 Å². The molecule has 0 aliphatic heterocycles. The van der Waals surface area contributed by atoms with Gasteiger partial charge in [-0.15, -0.1) is 0 Å². The van der Waals surface area contributed by atoms with Gasteiger partial charge in [-0.2, -0.15) is 0 Å². The maximum absolute atomic E-state index is 13.9. The number of aliphatic hydroxyl groups is 1. The zero-order valence-electron chi connectivity index (χ0n) is 14.1. The van der Waals surface area contributed by atoms with E-state index in [1.807, 2.05) is 22.6 Å². The third kappa shape index (κ3) is 2.30. The number of ether oxygens (including phenoxy) is 1. The van der Waals surface area contributed by atoms with Gasteiger partial charge in [0.25, 0.3) is 0 Å². The van der Waals surface area contributed by atoms with Crippen molar-refractivity contribution in [3.8, 4) is 0 Å². The summed E-state index contributed by atoms with van der Waals surface area (Å²) in [6, 6.07) is 2.92. The van der Waals surface area contributed by atoms with Crippen LogP contribution in [0, 0.1) is 28.9 Å². The van der Waals surface area contributed by atoms with Crippen LogP contribution in [0.1, 0.15) is 30.1 Å². The van der Waals surface area contributed by atoms with E-state index in [-0.39, 0.29) is 6.42 Å². The summed E-state index contributed by atoms with van der Waals surface area (Å²) in [4.78, 5) is 38.0. The molecule has 8 heteroatoms. The molecule has 2 unspecified atom stereocenters. The van der Waals surface area contributed by atoms with E-state index in [4.69, 9.17) is 4.74 Å². The number of benzene rings is 1. The quantitative estimate of drug-likeness (QED) is 0.237. The summed E-state index contributed by atoms with van der Waals surface area (Å²) in [5.74, 6) is -6.41. The van der Waals surface area contributed by atoms with E-state index in [0.717, 1.165) is 18.2 Å². The molecule has 5 atom stereocenters. The summed E-state index contributed by atoms with van der Waals surface area (Å²) < 4.78 is 31.8. The number of fused-ring (bicyclic) bond motifs is 2. The van der Waals surface area contributed by atoms with E-state index < -0.39 is 61.5 Å². The maximum atomic E-state index is 13.9. The van der Waals surface area contributed by atoms with E-state index in [9.17, 15) is 28.3 Å². The number of methoxy groups -OCH3 is 1. The van der Waals surface area contributed by atoms with Crippen LogP contribution in [0.3, 0.4) is 0 Å². The van der Waals surface area contributed by atoms with E-state index in [1.165, 1.54) is 7.11 Å². The topological polar surface area (TPSA) is 80.7 Å². The Morgan fingerprint density at radius 3 is 2.46 bits per heavy atom. The summed E-state index contributed by atoms with van der Waals surface area (Å²) in [5.41, 5.74) is -2.34. The molecule has 1 aromatic rings. The number of esters is 1. The minimum Gasteiger partial charge on any atom is -0.468 e. The lowest BCUT2D eigenvalue weighted by Crippen LogP contribution is -2.48. The van der Waals surface area contributed by atoms with Crippen LogP contribution >= 0.6 is 22.6 Å². The number of halogens is 3. The largest absolute Gasteiger partial charge is 0.468 e. The van der Waals surface area contributed by atoms with E-state index >= 15 is 0 Å². The van der Waals surface area contributed by atoms with E-state index in [2.05, 4.69) is 0 Å². The molecule has 0 radical (unpaired) electrons. The van der Waals surface area contributed by atoms with E-state index in [0.29, 0.717) is 6.42 Å². The van der Waals surface area contributed by atoms with Gasteiger partial charge in [0.1, 0.15) is 23.2 Å². The fourth-order valence-electron chi connectivity index (χ4n) is 4.54. The Morgan fingerprint density at radius 2 is 1.92 bits per heavy atom. The lowest BCUT2D eigenvalue weighted by molar-refractivity contribution is -0.158. The maximum Gasteiger partial charge on any atom is 0.320 e. The zero-order valence-corrected chi connectivity index (χ0v) is 16.2. The number of hydrogen-bond acceptors (Lipinski definition) is 5. The average molecular weight is 478 g/mol. The van der Waals surface area contributed by atoms with Crippen molar-refractivity contribution in [3.63, 3.8) is 0 Å². The first-order valence-electron chi connectivity index (χ1n) is 8.09. The molecule has 2 fully saturated rings. The number of Topliss-reactive ketones (excluding diaryl/α,β-unsaturated/α-hetero) is 2. The molecule has 140 valence electrons. The number of carbonyl (C=O) groups excluding carboxylic acids is 3. The predicted molar refractivity (Wildman–Crippen MR) is 94.8 cm³/mol. The highest BCUT2D eigenvalue weighted by Gasteiger charge is 2.75. The minimum absolute atomic E-state index is 0.258. The Hall–Kier alpha value is -1.42.